The average Bonchev–Trinajstić information content (AvgIpc) is 3.12. The zero-order chi connectivity index (χ0) is 20.3. The van der Waals surface area contributed by atoms with Crippen molar-refractivity contribution in [2.24, 2.45) is 0 Å². The maximum Gasteiger partial charge on any atom is 0.416 e. The molecule has 0 spiro atoms. The number of hydrogen-bond donors (Lipinski definition) is 1. The van der Waals surface area contributed by atoms with Crippen LogP contribution < -0.4 is 10.2 Å². The molecule has 29 heavy (non-hydrogen) atoms. The smallest absolute Gasteiger partial charge is 0.416 e. The fourth-order valence-corrected chi connectivity index (χ4v) is 3.78. The summed E-state index contributed by atoms with van der Waals surface area (Å²) in [6, 6.07) is 21.8. The Hall–Kier alpha value is -3.41. The lowest BCUT2D eigenvalue weighted by Gasteiger charge is -2.34. The third-order valence-corrected chi connectivity index (χ3v) is 5.46. The molecular formula is C23H24N4O2. The van der Waals surface area contributed by atoms with Crippen LogP contribution in [0, 0.1) is 0 Å². The minimum atomic E-state index is -0.588. The van der Waals surface area contributed by atoms with Crippen LogP contribution in [0.4, 0.5) is 16.6 Å². The number of carbonyl (C=O) groups is 1. The van der Waals surface area contributed by atoms with Crippen LogP contribution in [0.5, 0.6) is 0 Å². The topological polar surface area (TPSA) is 67.3 Å². The van der Waals surface area contributed by atoms with Gasteiger partial charge in [0.05, 0.1) is 6.04 Å². The molecule has 6 heteroatoms. The van der Waals surface area contributed by atoms with Crippen LogP contribution in [0.25, 0.3) is 0 Å². The minimum absolute atomic E-state index is 0.0297. The molecule has 0 radical (unpaired) electrons. The lowest BCUT2D eigenvalue weighted by Crippen LogP contribution is -2.45. The summed E-state index contributed by atoms with van der Waals surface area (Å²) in [6.45, 7) is 4.40. The molecule has 0 aliphatic carbocycles. The van der Waals surface area contributed by atoms with Gasteiger partial charge in [-0.05, 0) is 30.5 Å². The summed E-state index contributed by atoms with van der Waals surface area (Å²) in [5.74, 6) is 0.993. The van der Waals surface area contributed by atoms with Crippen molar-refractivity contribution in [1.82, 2.24) is 9.97 Å². The molecule has 148 valence electrons. The first kappa shape index (κ1) is 18.9. The van der Waals surface area contributed by atoms with Crippen molar-refractivity contribution in [3.63, 3.8) is 0 Å². The fourth-order valence-electron chi connectivity index (χ4n) is 3.78. The quantitative estimate of drug-likeness (QED) is 0.650. The fraction of sp³-hybridized carbons (Fsp3) is 0.261. The van der Waals surface area contributed by atoms with E-state index < -0.39 is 11.6 Å². The molecule has 2 atom stereocenters. The molecule has 1 aliphatic rings. The van der Waals surface area contributed by atoms with Crippen LogP contribution in [-0.4, -0.2) is 22.7 Å². The highest BCUT2D eigenvalue weighted by Gasteiger charge is 2.49. The molecule has 1 amide bonds. The largest absolute Gasteiger partial charge is 0.446 e. The predicted octanol–water partition coefficient (Wildman–Crippen LogP) is 4.91. The van der Waals surface area contributed by atoms with E-state index in [4.69, 9.17) is 4.74 Å². The number of carbonyl (C=O) groups excluding carboxylic acids is 1. The van der Waals surface area contributed by atoms with Gasteiger partial charge in [-0.1, -0.05) is 67.6 Å². The van der Waals surface area contributed by atoms with Crippen molar-refractivity contribution >= 4 is 17.9 Å². The zero-order valence-electron chi connectivity index (χ0n) is 16.6. The Morgan fingerprint density at radius 1 is 1.10 bits per heavy atom. The van der Waals surface area contributed by atoms with Crippen LogP contribution in [0.3, 0.4) is 0 Å². The van der Waals surface area contributed by atoms with Crippen LogP contribution in [-0.2, 0) is 10.3 Å². The molecule has 1 aliphatic heterocycles. The lowest BCUT2D eigenvalue weighted by molar-refractivity contribution is 0.172. The first-order valence-corrected chi connectivity index (χ1v) is 9.81. The molecule has 1 aromatic heterocycles. The number of benzene rings is 2. The number of nitrogens with zero attached hydrogens (tertiary/aromatic N) is 3. The molecule has 1 N–H and O–H groups in total. The van der Waals surface area contributed by atoms with Gasteiger partial charge in [0.25, 0.3) is 0 Å². The monoisotopic (exact) mass is 388 g/mol. The van der Waals surface area contributed by atoms with Gasteiger partial charge in [0, 0.05) is 6.20 Å². The number of aromatic nitrogens is 2. The van der Waals surface area contributed by atoms with Crippen molar-refractivity contribution in [3.8, 4) is 0 Å². The number of nitrogens with one attached hydrogen (secondary N) is 1. The van der Waals surface area contributed by atoms with Crippen LogP contribution in [0.15, 0.2) is 72.9 Å². The Morgan fingerprint density at radius 3 is 2.48 bits per heavy atom. The minimum Gasteiger partial charge on any atom is -0.446 e. The average molecular weight is 388 g/mol. The van der Waals surface area contributed by atoms with E-state index in [9.17, 15) is 4.79 Å². The van der Waals surface area contributed by atoms with E-state index in [0.717, 1.165) is 11.1 Å². The van der Waals surface area contributed by atoms with Gasteiger partial charge in [-0.15, -0.1) is 0 Å². The van der Waals surface area contributed by atoms with Gasteiger partial charge in [-0.3, -0.25) is 0 Å². The molecule has 3 aromatic rings. The maximum absolute atomic E-state index is 12.7. The Morgan fingerprint density at radius 2 is 1.79 bits per heavy atom. The van der Waals surface area contributed by atoms with E-state index in [1.54, 1.807) is 17.2 Å². The van der Waals surface area contributed by atoms with Crippen molar-refractivity contribution in [2.45, 2.75) is 31.8 Å². The van der Waals surface area contributed by atoms with Crippen LogP contribution in [0.2, 0.25) is 0 Å². The van der Waals surface area contributed by atoms with Crippen molar-refractivity contribution < 1.29 is 9.53 Å². The van der Waals surface area contributed by atoms with Crippen LogP contribution >= 0.6 is 0 Å². The van der Waals surface area contributed by atoms with E-state index in [1.165, 1.54) is 0 Å². The number of rotatable bonds is 6. The Bertz CT molecular complexity index is 980. The highest BCUT2D eigenvalue weighted by molar-refractivity contribution is 5.91. The summed E-state index contributed by atoms with van der Waals surface area (Å²) in [5, 5.41) is 3.32. The summed E-state index contributed by atoms with van der Waals surface area (Å²) >= 11 is 0. The third-order valence-electron chi connectivity index (χ3n) is 5.46. The normalized spacial score (nSPS) is 19.7. The second kappa shape index (κ2) is 7.91. The third kappa shape index (κ3) is 3.53. The van der Waals surface area contributed by atoms with E-state index in [2.05, 4.69) is 41.3 Å². The Labute approximate surface area is 170 Å². The molecule has 0 saturated carbocycles. The highest BCUT2D eigenvalue weighted by Crippen LogP contribution is 2.40. The van der Waals surface area contributed by atoms with Gasteiger partial charge in [0.1, 0.15) is 18.0 Å². The molecule has 4 rings (SSSR count). The van der Waals surface area contributed by atoms with Crippen molar-refractivity contribution in [3.05, 3.63) is 84.1 Å². The summed E-state index contributed by atoms with van der Waals surface area (Å²) in [4.78, 5) is 23.3. The van der Waals surface area contributed by atoms with Gasteiger partial charge in [0.2, 0.25) is 5.95 Å². The van der Waals surface area contributed by atoms with E-state index in [0.29, 0.717) is 24.8 Å². The number of ether oxygens (including phenoxy) is 1. The Balaban J connectivity index is 1.66. The molecule has 2 heterocycles. The molecule has 0 bridgehead atoms. The SMILES string of the molecule is CCC1(c2ccccc2)COC(=O)N1c1ccnc(NC(C)c2ccccc2)n1. The van der Waals surface area contributed by atoms with Crippen LogP contribution in [0.1, 0.15) is 37.4 Å². The lowest BCUT2D eigenvalue weighted by atomic mass is 9.87. The summed E-state index contributed by atoms with van der Waals surface area (Å²) in [6.07, 6.45) is 1.98. The van der Waals surface area contributed by atoms with Gasteiger partial charge in [-0.2, -0.15) is 4.98 Å². The van der Waals surface area contributed by atoms with Gasteiger partial charge < -0.3 is 10.1 Å². The van der Waals surface area contributed by atoms with E-state index in [-0.39, 0.29) is 6.04 Å². The second-order valence-electron chi connectivity index (χ2n) is 7.16. The molecule has 1 saturated heterocycles. The standard InChI is InChI=1S/C23H24N4O2/c1-3-23(19-12-8-5-9-13-19)16-29-22(28)27(23)20-14-15-24-21(26-20)25-17(2)18-10-6-4-7-11-18/h4-15,17H,3,16H2,1-2H3,(H,24,25,26). The molecule has 6 nitrogen and oxygen atoms in total. The summed E-state index contributed by atoms with van der Waals surface area (Å²) in [5.41, 5.74) is 1.57. The number of amides is 1. The zero-order valence-corrected chi connectivity index (χ0v) is 16.6. The summed E-state index contributed by atoms with van der Waals surface area (Å²) in [7, 11) is 0. The Kier molecular flexibility index (Phi) is 5.16. The van der Waals surface area contributed by atoms with Crippen molar-refractivity contribution in [2.75, 3.05) is 16.8 Å². The van der Waals surface area contributed by atoms with Gasteiger partial charge >= 0.3 is 6.09 Å². The number of hydrogen-bond acceptors (Lipinski definition) is 5. The number of anilines is 2. The van der Waals surface area contributed by atoms with E-state index >= 15 is 0 Å². The van der Waals surface area contributed by atoms with Gasteiger partial charge in [-0.25, -0.2) is 14.7 Å². The molecular weight excluding hydrogens is 364 g/mol. The van der Waals surface area contributed by atoms with E-state index in [1.807, 2.05) is 48.5 Å². The first-order chi connectivity index (χ1) is 14.1. The molecule has 2 aromatic carbocycles. The maximum atomic E-state index is 12.7. The first-order valence-electron chi connectivity index (χ1n) is 9.81. The predicted molar refractivity (Wildman–Crippen MR) is 113 cm³/mol. The summed E-state index contributed by atoms with van der Waals surface area (Å²) < 4.78 is 5.48. The number of cyclic esters (lactones) is 1. The highest BCUT2D eigenvalue weighted by atomic mass is 16.6. The second-order valence-corrected chi connectivity index (χ2v) is 7.16. The van der Waals surface area contributed by atoms with Crippen molar-refractivity contribution in [1.29, 1.82) is 0 Å². The van der Waals surface area contributed by atoms with Gasteiger partial charge in [0.15, 0.2) is 0 Å². The molecule has 2 unspecified atom stereocenters. The molecule has 1 fully saturated rings.